The SMILES string of the molecule is CCc1cc(/C=C2/CCCNCC2)n(CC)n1. The van der Waals surface area contributed by atoms with Gasteiger partial charge >= 0.3 is 0 Å². The Morgan fingerprint density at radius 1 is 1.35 bits per heavy atom. The zero-order valence-electron chi connectivity index (χ0n) is 11.0. The van der Waals surface area contributed by atoms with Crippen molar-refractivity contribution in [2.45, 2.75) is 46.1 Å². The summed E-state index contributed by atoms with van der Waals surface area (Å²) in [4.78, 5) is 0. The van der Waals surface area contributed by atoms with Crippen molar-refractivity contribution in [1.29, 1.82) is 0 Å². The molecule has 0 bridgehead atoms. The minimum atomic E-state index is 0.956. The van der Waals surface area contributed by atoms with Gasteiger partial charge < -0.3 is 5.32 Å². The van der Waals surface area contributed by atoms with Crippen molar-refractivity contribution in [1.82, 2.24) is 15.1 Å². The second kappa shape index (κ2) is 6.01. The topological polar surface area (TPSA) is 29.9 Å². The van der Waals surface area contributed by atoms with Crippen LogP contribution in [0.4, 0.5) is 0 Å². The summed E-state index contributed by atoms with van der Waals surface area (Å²) in [5.41, 5.74) is 4.04. The molecule has 1 aromatic rings. The van der Waals surface area contributed by atoms with Gasteiger partial charge in [0.1, 0.15) is 0 Å². The zero-order chi connectivity index (χ0) is 12.1. The Morgan fingerprint density at radius 3 is 3.00 bits per heavy atom. The molecule has 0 aliphatic carbocycles. The lowest BCUT2D eigenvalue weighted by molar-refractivity contribution is 0.642. The normalized spacial score (nSPS) is 19.5. The van der Waals surface area contributed by atoms with E-state index in [1.165, 1.54) is 30.7 Å². The van der Waals surface area contributed by atoms with E-state index in [-0.39, 0.29) is 0 Å². The molecule has 3 heteroatoms. The minimum Gasteiger partial charge on any atom is -0.316 e. The van der Waals surface area contributed by atoms with E-state index in [1.807, 2.05) is 0 Å². The number of hydrogen-bond donors (Lipinski definition) is 1. The number of hydrogen-bond acceptors (Lipinski definition) is 2. The number of rotatable bonds is 3. The first-order valence-electron chi connectivity index (χ1n) is 6.80. The van der Waals surface area contributed by atoms with Gasteiger partial charge in [-0.05, 0) is 57.8 Å². The molecule has 1 fully saturated rings. The number of aryl methyl sites for hydroxylation is 2. The van der Waals surface area contributed by atoms with Gasteiger partial charge in [0.15, 0.2) is 0 Å². The Bertz CT molecular complexity index is 380. The van der Waals surface area contributed by atoms with Crippen LogP contribution in [0.5, 0.6) is 0 Å². The summed E-state index contributed by atoms with van der Waals surface area (Å²) < 4.78 is 2.12. The predicted molar refractivity (Wildman–Crippen MR) is 72.0 cm³/mol. The van der Waals surface area contributed by atoms with Crippen LogP contribution in [0.25, 0.3) is 6.08 Å². The summed E-state index contributed by atoms with van der Waals surface area (Å²) in [6, 6.07) is 2.23. The van der Waals surface area contributed by atoms with Gasteiger partial charge in [-0.25, -0.2) is 0 Å². The third-order valence-corrected chi connectivity index (χ3v) is 3.35. The van der Waals surface area contributed by atoms with E-state index in [0.29, 0.717) is 0 Å². The molecule has 2 rings (SSSR count). The fraction of sp³-hybridized carbons (Fsp3) is 0.643. The van der Waals surface area contributed by atoms with Gasteiger partial charge in [-0.3, -0.25) is 4.68 Å². The van der Waals surface area contributed by atoms with Crippen molar-refractivity contribution < 1.29 is 0 Å². The van der Waals surface area contributed by atoms with E-state index in [4.69, 9.17) is 0 Å². The van der Waals surface area contributed by atoms with E-state index < -0.39 is 0 Å². The molecule has 0 saturated carbocycles. The molecule has 0 amide bonds. The molecule has 1 aliphatic rings. The minimum absolute atomic E-state index is 0.956. The van der Waals surface area contributed by atoms with Crippen LogP contribution in [-0.4, -0.2) is 22.9 Å². The highest BCUT2D eigenvalue weighted by atomic mass is 15.3. The average Bonchev–Trinajstić information content (AvgIpc) is 2.56. The van der Waals surface area contributed by atoms with E-state index in [1.54, 1.807) is 5.57 Å². The molecule has 1 aromatic heterocycles. The van der Waals surface area contributed by atoms with E-state index >= 15 is 0 Å². The molecule has 3 nitrogen and oxygen atoms in total. The van der Waals surface area contributed by atoms with E-state index in [9.17, 15) is 0 Å². The first kappa shape index (κ1) is 12.4. The van der Waals surface area contributed by atoms with Gasteiger partial charge in [0.25, 0.3) is 0 Å². The second-order valence-electron chi connectivity index (χ2n) is 4.64. The van der Waals surface area contributed by atoms with Crippen LogP contribution in [0.3, 0.4) is 0 Å². The molecule has 17 heavy (non-hydrogen) atoms. The highest BCUT2D eigenvalue weighted by Gasteiger charge is 2.07. The summed E-state index contributed by atoms with van der Waals surface area (Å²) in [7, 11) is 0. The average molecular weight is 233 g/mol. The predicted octanol–water partition coefficient (Wildman–Crippen LogP) is 2.62. The van der Waals surface area contributed by atoms with Gasteiger partial charge in [0.2, 0.25) is 0 Å². The number of aromatic nitrogens is 2. The fourth-order valence-corrected chi connectivity index (χ4v) is 2.32. The quantitative estimate of drug-likeness (QED) is 0.869. The van der Waals surface area contributed by atoms with Crippen LogP contribution in [0, 0.1) is 0 Å². The maximum absolute atomic E-state index is 4.59. The Hall–Kier alpha value is -1.09. The van der Waals surface area contributed by atoms with Crippen molar-refractivity contribution in [3.05, 3.63) is 23.0 Å². The third-order valence-electron chi connectivity index (χ3n) is 3.35. The maximum Gasteiger partial charge on any atom is 0.0628 e. The number of nitrogens with one attached hydrogen (secondary N) is 1. The van der Waals surface area contributed by atoms with Crippen LogP contribution in [-0.2, 0) is 13.0 Å². The lowest BCUT2D eigenvalue weighted by Gasteiger charge is -2.04. The Morgan fingerprint density at radius 2 is 2.24 bits per heavy atom. The van der Waals surface area contributed by atoms with Crippen LogP contribution in [0.1, 0.15) is 44.5 Å². The molecule has 1 aliphatic heterocycles. The molecular weight excluding hydrogens is 210 g/mol. The highest BCUT2D eigenvalue weighted by molar-refractivity contribution is 5.50. The molecule has 0 aromatic carbocycles. The highest BCUT2D eigenvalue weighted by Crippen LogP contribution is 2.17. The van der Waals surface area contributed by atoms with Crippen molar-refractivity contribution in [2.24, 2.45) is 0 Å². The monoisotopic (exact) mass is 233 g/mol. The molecule has 2 heterocycles. The van der Waals surface area contributed by atoms with Crippen LogP contribution >= 0.6 is 0 Å². The van der Waals surface area contributed by atoms with Gasteiger partial charge in [-0.15, -0.1) is 0 Å². The molecule has 0 radical (unpaired) electrons. The first-order valence-corrected chi connectivity index (χ1v) is 6.80. The van der Waals surface area contributed by atoms with Crippen LogP contribution in [0.2, 0.25) is 0 Å². The Balaban J connectivity index is 2.20. The maximum atomic E-state index is 4.59. The molecule has 94 valence electrons. The van der Waals surface area contributed by atoms with Crippen LogP contribution in [0.15, 0.2) is 11.6 Å². The fourth-order valence-electron chi connectivity index (χ4n) is 2.32. The molecule has 0 spiro atoms. The summed E-state index contributed by atoms with van der Waals surface area (Å²) in [6.07, 6.45) is 7.03. The van der Waals surface area contributed by atoms with E-state index in [2.05, 4.69) is 41.1 Å². The van der Waals surface area contributed by atoms with Crippen molar-refractivity contribution in [2.75, 3.05) is 13.1 Å². The van der Waals surface area contributed by atoms with E-state index in [0.717, 1.165) is 26.1 Å². The smallest absolute Gasteiger partial charge is 0.0628 e. The summed E-state index contributed by atoms with van der Waals surface area (Å²) in [6.45, 7) is 7.55. The van der Waals surface area contributed by atoms with Gasteiger partial charge in [-0.2, -0.15) is 5.10 Å². The Kier molecular flexibility index (Phi) is 4.37. The molecule has 0 atom stereocenters. The standard InChI is InChI=1S/C14H23N3/c1-3-13-11-14(17(4-2)16-13)10-12-6-5-8-15-9-7-12/h10-11,15H,3-9H2,1-2H3/b12-10-. The van der Waals surface area contributed by atoms with Crippen molar-refractivity contribution >= 4 is 6.08 Å². The number of nitrogens with zero attached hydrogens (tertiary/aromatic N) is 2. The van der Waals surface area contributed by atoms with Gasteiger partial charge in [0, 0.05) is 6.54 Å². The van der Waals surface area contributed by atoms with Crippen LogP contribution < -0.4 is 5.32 Å². The first-order chi connectivity index (χ1) is 8.33. The molecular formula is C14H23N3. The summed E-state index contributed by atoms with van der Waals surface area (Å²) >= 11 is 0. The second-order valence-corrected chi connectivity index (χ2v) is 4.64. The third kappa shape index (κ3) is 3.19. The Labute approximate surface area is 104 Å². The van der Waals surface area contributed by atoms with Crippen molar-refractivity contribution in [3.63, 3.8) is 0 Å². The largest absolute Gasteiger partial charge is 0.316 e. The molecule has 1 saturated heterocycles. The van der Waals surface area contributed by atoms with Gasteiger partial charge in [0.05, 0.1) is 11.4 Å². The van der Waals surface area contributed by atoms with Crippen molar-refractivity contribution in [3.8, 4) is 0 Å². The summed E-state index contributed by atoms with van der Waals surface area (Å²) in [5.74, 6) is 0. The molecule has 0 unspecified atom stereocenters. The lowest BCUT2D eigenvalue weighted by Crippen LogP contribution is -2.13. The van der Waals surface area contributed by atoms with Gasteiger partial charge in [-0.1, -0.05) is 12.5 Å². The molecule has 1 N–H and O–H groups in total. The lowest BCUT2D eigenvalue weighted by atomic mass is 10.1. The summed E-state index contributed by atoms with van der Waals surface area (Å²) in [5, 5.41) is 8.04. The zero-order valence-corrected chi connectivity index (χ0v) is 11.0.